The minimum absolute atomic E-state index is 0.0513. The Morgan fingerprint density at radius 1 is 1.17 bits per heavy atom. The summed E-state index contributed by atoms with van der Waals surface area (Å²) in [5, 5.41) is 9.04. The van der Waals surface area contributed by atoms with E-state index in [-0.39, 0.29) is 40.3 Å². The van der Waals surface area contributed by atoms with E-state index in [0.717, 1.165) is 17.2 Å². The van der Waals surface area contributed by atoms with Crippen molar-refractivity contribution in [2.45, 2.75) is 12.5 Å². The summed E-state index contributed by atoms with van der Waals surface area (Å²) in [5.74, 6) is -0.604. The highest BCUT2D eigenvalue weighted by Gasteiger charge is 2.28. The van der Waals surface area contributed by atoms with Gasteiger partial charge in [0.25, 0.3) is 0 Å². The lowest BCUT2D eigenvalue weighted by atomic mass is 10.0. The number of fused-ring (bicyclic) bond motifs is 1. The number of halogens is 2. The van der Waals surface area contributed by atoms with Gasteiger partial charge in [0.05, 0.1) is 23.8 Å². The quantitative estimate of drug-likeness (QED) is 0.557. The second-order valence-electron chi connectivity index (χ2n) is 6.41. The Balaban J connectivity index is 1.79. The van der Waals surface area contributed by atoms with Crippen LogP contribution in [0, 0.1) is 17.1 Å². The zero-order valence-electron chi connectivity index (χ0n) is 15.1. The first-order valence-electron chi connectivity index (χ1n) is 8.83. The van der Waals surface area contributed by atoms with Gasteiger partial charge in [0, 0.05) is 18.8 Å². The van der Waals surface area contributed by atoms with Crippen LogP contribution in [0.15, 0.2) is 59.3 Å². The number of ketones is 1. The average molecular weight is 453 g/mol. The summed E-state index contributed by atoms with van der Waals surface area (Å²) in [4.78, 5) is 16.1. The van der Waals surface area contributed by atoms with Gasteiger partial charge < -0.3 is 9.47 Å². The minimum atomic E-state index is -0.665. The topological polar surface area (TPSA) is 72.2 Å². The summed E-state index contributed by atoms with van der Waals surface area (Å²) in [7, 11) is 0. The van der Waals surface area contributed by atoms with Crippen molar-refractivity contribution in [3.63, 3.8) is 0 Å². The number of nitrogens with zero attached hydrogens (tertiary/aromatic N) is 2. The number of carbonyl (C=O) groups excluding carboxylic acids is 1. The van der Waals surface area contributed by atoms with Crippen LogP contribution in [0.5, 0.6) is 11.5 Å². The maximum absolute atomic E-state index is 14.9. The predicted octanol–water partition coefficient (Wildman–Crippen LogP) is 4.99. The number of hydrogen-bond donors (Lipinski definition) is 0. The molecule has 0 unspecified atom stereocenters. The second kappa shape index (κ2) is 8.02. The summed E-state index contributed by atoms with van der Waals surface area (Å²) in [5.41, 5.74) is 2.20. The molecular formula is C22H14BrFN2O3. The number of carbonyl (C=O) groups is 1. The fraction of sp³-hybridized carbons (Fsp3) is 0.136. The van der Waals surface area contributed by atoms with Crippen LogP contribution in [0.3, 0.4) is 0 Å². The van der Waals surface area contributed by atoms with Crippen molar-refractivity contribution >= 4 is 21.7 Å². The van der Waals surface area contributed by atoms with Crippen molar-refractivity contribution in [2.24, 2.45) is 0 Å². The molecule has 0 N–H and O–H groups in total. The van der Waals surface area contributed by atoms with Gasteiger partial charge in [-0.05, 0) is 57.4 Å². The molecule has 5 nitrogen and oxygen atoms in total. The van der Waals surface area contributed by atoms with Crippen molar-refractivity contribution in [1.29, 1.82) is 5.26 Å². The average Bonchev–Trinajstić information content (AvgIpc) is 2.75. The van der Waals surface area contributed by atoms with E-state index in [1.165, 1.54) is 0 Å². The number of Topliss-reactive ketones (excluding diaryl/α,β-unsaturated/α-hetero) is 1. The van der Waals surface area contributed by atoms with Gasteiger partial charge in [-0.3, -0.25) is 9.78 Å². The molecule has 3 aromatic rings. The van der Waals surface area contributed by atoms with Crippen LogP contribution in [0.2, 0.25) is 0 Å². The van der Waals surface area contributed by atoms with Crippen LogP contribution < -0.4 is 9.47 Å². The van der Waals surface area contributed by atoms with Crippen molar-refractivity contribution in [2.75, 3.05) is 6.61 Å². The third-order valence-electron chi connectivity index (χ3n) is 4.59. The van der Waals surface area contributed by atoms with Gasteiger partial charge in [-0.25, -0.2) is 4.39 Å². The minimum Gasteiger partial charge on any atom is -0.491 e. The van der Waals surface area contributed by atoms with E-state index >= 15 is 0 Å². The van der Waals surface area contributed by atoms with Gasteiger partial charge >= 0.3 is 0 Å². The molecule has 1 aromatic heterocycles. The number of rotatable bonds is 4. The molecule has 1 atom stereocenters. The third-order valence-corrected chi connectivity index (χ3v) is 5.31. The molecule has 2 aromatic carbocycles. The predicted molar refractivity (Wildman–Crippen MR) is 106 cm³/mol. The molecule has 0 aliphatic carbocycles. The highest BCUT2D eigenvalue weighted by atomic mass is 79.9. The van der Waals surface area contributed by atoms with Crippen LogP contribution in [-0.4, -0.2) is 17.4 Å². The Morgan fingerprint density at radius 3 is 2.55 bits per heavy atom. The van der Waals surface area contributed by atoms with Crippen molar-refractivity contribution < 1.29 is 18.7 Å². The molecule has 1 aliphatic rings. The zero-order valence-corrected chi connectivity index (χ0v) is 16.6. The molecule has 7 heteroatoms. The number of pyridine rings is 1. The van der Waals surface area contributed by atoms with Gasteiger partial charge in [0.15, 0.2) is 17.3 Å². The van der Waals surface area contributed by atoms with E-state index in [2.05, 4.69) is 27.0 Å². The molecule has 0 bridgehead atoms. The molecule has 0 amide bonds. The highest BCUT2D eigenvalue weighted by Crippen LogP contribution is 2.44. The Kier molecular flexibility index (Phi) is 5.28. The van der Waals surface area contributed by atoms with E-state index < -0.39 is 11.9 Å². The molecule has 4 rings (SSSR count). The van der Waals surface area contributed by atoms with Crippen molar-refractivity contribution in [3.8, 4) is 17.6 Å². The maximum atomic E-state index is 14.9. The van der Waals surface area contributed by atoms with Gasteiger partial charge in [0.2, 0.25) is 0 Å². The smallest absolute Gasteiger partial charge is 0.174 e. The molecule has 0 saturated heterocycles. The monoisotopic (exact) mass is 452 g/mol. The van der Waals surface area contributed by atoms with Gasteiger partial charge in [-0.1, -0.05) is 12.1 Å². The largest absolute Gasteiger partial charge is 0.491 e. The number of benzene rings is 2. The molecule has 0 saturated carbocycles. The standard InChI is InChI=1S/C22H14BrFN2O3/c23-19-21-16(18(27)7-10-28-21)11-17(24)22(19)29-20(15-5-8-26-9-6-15)14-3-1-13(12-25)2-4-14/h1-6,8-9,11,20H,7,10H2/t20-/m1/s1. The highest BCUT2D eigenvalue weighted by molar-refractivity contribution is 9.10. The Hall–Kier alpha value is -3.24. The Bertz CT molecular complexity index is 1110. The summed E-state index contributed by atoms with van der Waals surface area (Å²) in [6.07, 6.45) is 2.79. The SMILES string of the molecule is N#Cc1ccc([C@@H](Oc2c(F)cc3c(c2Br)OCCC3=O)c2ccncc2)cc1. The van der Waals surface area contributed by atoms with Crippen LogP contribution in [0.25, 0.3) is 0 Å². The number of hydrogen-bond acceptors (Lipinski definition) is 5. The first kappa shape index (κ1) is 19.1. The molecule has 0 radical (unpaired) electrons. The summed E-state index contributed by atoms with van der Waals surface area (Å²) in [6.45, 7) is 0.235. The van der Waals surface area contributed by atoms with E-state index in [1.807, 2.05) is 0 Å². The molecule has 2 heterocycles. The molecule has 29 heavy (non-hydrogen) atoms. The van der Waals surface area contributed by atoms with Crippen LogP contribution in [-0.2, 0) is 0 Å². The van der Waals surface area contributed by atoms with Gasteiger partial charge in [-0.15, -0.1) is 0 Å². The van der Waals surface area contributed by atoms with E-state index in [0.29, 0.717) is 5.56 Å². The normalized spacial score (nSPS) is 13.8. The zero-order chi connectivity index (χ0) is 20.4. The molecule has 1 aliphatic heterocycles. The maximum Gasteiger partial charge on any atom is 0.174 e. The third kappa shape index (κ3) is 3.71. The van der Waals surface area contributed by atoms with E-state index in [4.69, 9.17) is 14.7 Å². The fourth-order valence-electron chi connectivity index (χ4n) is 3.14. The van der Waals surface area contributed by atoms with Gasteiger partial charge in [0.1, 0.15) is 16.3 Å². The Morgan fingerprint density at radius 2 is 1.86 bits per heavy atom. The molecular weight excluding hydrogens is 439 g/mol. The lowest BCUT2D eigenvalue weighted by Gasteiger charge is -2.24. The lowest BCUT2D eigenvalue weighted by Crippen LogP contribution is -2.17. The van der Waals surface area contributed by atoms with Crippen LogP contribution in [0.4, 0.5) is 4.39 Å². The lowest BCUT2D eigenvalue weighted by molar-refractivity contribution is 0.0931. The second-order valence-corrected chi connectivity index (χ2v) is 7.21. The number of ether oxygens (including phenoxy) is 2. The first-order valence-corrected chi connectivity index (χ1v) is 9.62. The summed E-state index contributed by atoms with van der Waals surface area (Å²) < 4.78 is 26.8. The Labute approximate surface area is 174 Å². The van der Waals surface area contributed by atoms with E-state index in [9.17, 15) is 9.18 Å². The van der Waals surface area contributed by atoms with Crippen molar-refractivity contribution in [1.82, 2.24) is 4.98 Å². The van der Waals surface area contributed by atoms with Crippen molar-refractivity contribution in [3.05, 3.63) is 87.4 Å². The number of aromatic nitrogens is 1. The molecule has 144 valence electrons. The number of nitriles is 1. The molecule has 0 fully saturated rings. The molecule has 0 spiro atoms. The van der Waals surface area contributed by atoms with Crippen LogP contribution >= 0.6 is 15.9 Å². The fourth-order valence-corrected chi connectivity index (χ4v) is 3.75. The summed E-state index contributed by atoms with van der Waals surface area (Å²) in [6, 6.07) is 13.6. The van der Waals surface area contributed by atoms with Crippen LogP contribution in [0.1, 0.15) is 39.6 Å². The first-order chi connectivity index (χ1) is 14.1. The van der Waals surface area contributed by atoms with E-state index in [1.54, 1.807) is 48.8 Å². The summed E-state index contributed by atoms with van der Waals surface area (Å²) >= 11 is 3.34. The van der Waals surface area contributed by atoms with Gasteiger partial charge in [-0.2, -0.15) is 5.26 Å².